The molecule has 0 fully saturated rings. The number of nitrogens with one attached hydrogen (secondary N) is 1. The van der Waals surface area contributed by atoms with Gasteiger partial charge >= 0.3 is 0 Å². The summed E-state index contributed by atoms with van der Waals surface area (Å²) >= 11 is 0. The van der Waals surface area contributed by atoms with Gasteiger partial charge in [-0.05, 0) is 37.6 Å². The van der Waals surface area contributed by atoms with Gasteiger partial charge < -0.3 is 19.2 Å². The summed E-state index contributed by atoms with van der Waals surface area (Å²) in [7, 11) is 3.30. The summed E-state index contributed by atoms with van der Waals surface area (Å²) in [5.41, 5.74) is 2.43. The Bertz CT molecular complexity index is 987. The zero-order valence-electron chi connectivity index (χ0n) is 18.4. The third-order valence-electron chi connectivity index (χ3n) is 5.15. The molecule has 0 aliphatic rings. The maximum absolute atomic E-state index is 12.1. The van der Waals surface area contributed by atoms with Gasteiger partial charge in [-0.15, -0.1) is 0 Å². The summed E-state index contributed by atoms with van der Waals surface area (Å²) in [5, 5.41) is 2.74. The molecule has 1 aromatic heterocycles. The predicted molar refractivity (Wildman–Crippen MR) is 118 cm³/mol. The number of carbonyl (C=O) groups excluding carboxylic acids is 1. The van der Waals surface area contributed by atoms with Crippen LogP contribution < -0.4 is 14.8 Å². The maximum Gasteiger partial charge on any atom is 0.273 e. The molecule has 7 nitrogen and oxygen atoms in total. The van der Waals surface area contributed by atoms with Crippen LogP contribution in [0.3, 0.4) is 0 Å². The average molecular weight is 424 g/mol. The van der Waals surface area contributed by atoms with Gasteiger partial charge in [-0.1, -0.05) is 30.3 Å². The maximum atomic E-state index is 12.1. The molecule has 0 aliphatic heterocycles. The van der Waals surface area contributed by atoms with E-state index in [0.29, 0.717) is 25.5 Å². The number of ether oxygens (including phenoxy) is 2. The second kappa shape index (κ2) is 10.6. The topological polar surface area (TPSA) is 76.8 Å². The molecular formula is C24H29N3O4. The largest absolute Gasteiger partial charge is 0.497 e. The number of amides is 1. The van der Waals surface area contributed by atoms with Gasteiger partial charge in [0.2, 0.25) is 5.89 Å². The van der Waals surface area contributed by atoms with Crippen molar-refractivity contribution in [2.75, 3.05) is 20.8 Å². The van der Waals surface area contributed by atoms with E-state index in [1.807, 2.05) is 43.3 Å². The first-order valence-corrected chi connectivity index (χ1v) is 10.3. The molecule has 7 heteroatoms. The predicted octanol–water partition coefficient (Wildman–Crippen LogP) is 4.20. The van der Waals surface area contributed by atoms with Crippen LogP contribution in [0.2, 0.25) is 0 Å². The van der Waals surface area contributed by atoms with E-state index in [9.17, 15) is 4.79 Å². The molecule has 0 spiro atoms. The fourth-order valence-electron chi connectivity index (χ4n) is 3.41. The number of rotatable bonds is 10. The Morgan fingerprint density at radius 3 is 2.58 bits per heavy atom. The Kier molecular flexibility index (Phi) is 7.67. The quantitative estimate of drug-likeness (QED) is 0.527. The number of hydrogen-bond donors (Lipinski definition) is 1. The highest BCUT2D eigenvalue weighted by Crippen LogP contribution is 2.30. The van der Waals surface area contributed by atoms with E-state index in [1.165, 1.54) is 11.8 Å². The number of oxazole rings is 1. The molecule has 164 valence electrons. The van der Waals surface area contributed by atoms with E-state index in [1.54, 1.807) is 14.2 Å². The van der Waals surface area contributed by atoms with Gasteiger partial charge in [-0.25, -0.2) is 4.98 Å². The number of hydrogen-bond acceptors (Lipinski definition) is 6. The Morgan fingerprint density at radius 1 is 1.13 bits per heavy atom. The molecule has 0 saturated heterocycles. The zero-order valence-corrected chi connectivity index (χ0v) is 18.4. The molecule has 1 atom stereocenters. The molecule has 2 aromatic carbocycles. The van der Waals surface area contributed by atoms with Crippen molar-refractivity contribution < 1.29 is 18.7 Å². The van der Waals surface area contributed by atoms with Crippen LogP contribution in [0, 0.1) is 0 Å². The first-order valence-electron chi connectivity index (χ1n) is 10.3. The van der Waals surface area contributed by atoms with Crippen LogP contribution >= 0.6 is 0 Å². The van der Waals surface area contributed by atoms with Crippen molar-refractivity contribution in [3.8, 4) is 11.5 Å². The number of methoxy groups -OCH3 is 2. The molecule has 3 rings (SSSR count). The lowest BCUT2D eigenvalue weighted by molar-refractivity contribution is 0.0950. The van der Waals surface area contributed by atoms with Crippen LogP contribution in [0.5, 0.6) is 11.5 Å². The number of benzene rings is 2. The third kappa shape index (κ3) is 5.64. The van der Waals surface area contributed by atoms with Gasteiger partial charge in [-0.2, -0.15) is 0 Å². The molecule has 0 bridgehead atoms. The summed E-state index contributed by atoms with van der Waals surface area (Å²) in [5.74, 6) is 1.78. The van der Waals surface area contributed by atoms with Crippen LogP contribution in [0.1, 0.15) is 47.4 Å². The monoisotopic (exact) mass is 423 g/mol. The molecule has 31 heavy (non-hydrogen) atoms. The average Bonchev–Trinajstić information content (AvgIpc) is 3.27. The molecule has 0 radical (unpaired) electrons. The molecular weight excluding hydrogens is 394 g/mol. The van der Waals surface area contributed by atoms with E-state index in [-0.39, 0.29) is 17.6 Å². The summed E-state index contributed by atoms with van der Waals surface area (Å²) in [6.45, 7) is 5.54. The first kappa shape index (κ1) is 22.4. The van der Waals surface area contributed by atoms with E-state index in [2.05, 4.69) is 34.3 Å². The van der Waals surface area contributed by atoms with Crippen molar-refractivity contribution in [1.29, 1.82) is 0 Å². The second-order valence-electron chi connectivity index (χ2n) is 7.16. The Hall–Kier alpha value is -3.32. The van der Waals surface area contributed by atoms with Crippen LogP contribution in [0.25, 0.3) is 0 Å². The highest BCUT2D eigenvalue weighted by molar-refractivity contribution is 5.91. The molecule has 1 heterocycles. The van der Waals surface area contributed by atoms with Gasteiger partial charge in [-0.3, -0.25) is 9.69 Å². The molecule has 0 aliphatic carbocycles. The van der Waals surface area contributed by atoms with E-state index >= 15 is 0 Å². The van der Waals surface area contributed by atoms with Gasteiger partial charge in [0.05, 0.1) is 20.8 Å². The molecule has 1 N–H and O–H groups in total. The van der Waals surface area contributed by atoms with Crippen molar-refractivity contribution in [1.82, 2.24) is 15.2 Å². The third-order valence-corrected chi connectivity index (χ3v) is 5.15. The lowest BCUT2D eigenvalue weighted by atomic mass is 10.1. The van der Waals surface area contributed by atoms with Gasteiger partial charge in [0.15, 0.2) is 5.69 Å². The van der Waals surface area contributed by atoms with Crippen molar-refractivity contribution >= 4 is 5.91 Å². The highest BCUT2D eigenvalue weighted by atomic mass is 16.5. The fraction of sp³-hybridized carbons (Fsp3) is 0.333. The van der Waals surface area contributed by atoms with Crippen molar-refractivity contribution in [2.45, 2.75) is 33.0 Å². The summed E-state index contributed by atoms with van der Waals surface area (Å²) < 4.78 is 16.6. The van der Waals surface area contributed by atoms with Crippen LogP contribution in [0.4, 0.5) is 0 Å². The van der Waals surface area contributed by atoms with Crippen molar-refractivity contribution in [3.63, 3.8) is 0 Å². The molecule has 0 saturated carbocycles. The number of aromatic nitrogens is 1. The minimum absolute atomic E-state index is 0.0666. The minimum atomic E-state index is -0.241. The second-order valence-corrected chi connectivity index (χ2v) is 7.16. The van der Waals surface area contributed by atoms with Gasteiger partial charge in [0, 0.05) is 24.7 Å². The number of carbonyl (C=O) groups is 1. The molecule has 0 unspecified atom stereocenters. The summed E-state index contributed by atoms with van der Waals surface area (Å²) in [4.78, 5) is 18.7. The molecule has 1 amide bonds. The summed E-state index contributed by atoms with van der Waals surface area (Å²) in [6, 6.07) is 16.0. The normalized spacial score (nSPS) is 11.9. The summed E-state index contributed by atoms with van der Waals surface area (Å²) in [6.07, 6.45) is 1.40. The lowest BCUT2D eigenvalue weighted by Crippen LogP contribution is -2.27. The SMILES string of the molecule is CCNC(=O)c1coc(CN(Cc2cc(OC)ccc2OC)[C@H](C)c2ccccc2)n1. The van der Waals surface area contributed by atoms with Crippen molar-refractivity contribution in [2.24, 2.45) is 0 Å². The zero-order chi connectivity index (χ0) is 22.2. The minimum Gasteiger partial charge on any atom is -0.497 e. The first-order chi connectivity index (χ1) is 15.0. The number of nitrogens with zero attached hydrogens (tertiary/aromatic N) is 2. The standard InChI is InChI=1S/C24H29N3O4/c1-5-25-24(28)21-16-31-23(26-21)15-27(17(2)18-9-7-6-8-10-18)14-19-13-20(29-3)11-12-22(19)30-4/h6-13,16-17H,5,14-15H2,1-4H3,(H,25,28)/t17-/m1/s1. The van der Waals surface area contributed by atoms with E-state index < -0.39 is 0 Å². The van der Waals surface area contributed by atoms with Crippen LogP contribution in [-0.4, -0.2) is 36.6 Å². The van der Waals surface area contributed by atoms with E-state index in [0.717, 1.165) is 17.1 Å². The lowest BCUT2D eigenvalue weighted by Gasteiger charge is -2.29. The molecule has 3 aromatic rings. The van der Waals surface area contributed by atoms with E-state index in [4.69, 9.17) is 13.9 Å². The van der Waals surface area contributed by atoms with Crippen molar-refractivity contribution in [3.05, 3.63) is 77.5 Å². The fourth-order valence-corrected chi connectivity index (χ4v) is 3.41. The smallest absolute Gasteiger partial charge is 0.273 e. The Labute approximate surface area is 183 Å². The Morgan fingerprint density at radius 2 is 1.90 bits per heavy atom. The van der Waals surface area contributed by atoms with Gasteiger partial charge in [0.25, 0.3) is 5.91 Å². The Balaban J connectivity index is 1.90. The van der Waals surface area contributed by atoms with Crippen LogP contribution in [0.15, 0.2) is 59.2 Å². The van der Waals surface area contributed by atoms with Gasteiger partial charge in [0.1, 0.15) is 17.8 Å². The van der Waals surface area contributed by atoms with Crippen LogP contribution in [-0.2, 0) is 13.1 Å². The highest BCUT2D eigenvalue weighted by Gasteiger charge is 2.22.